The highest BCUT2D eigenvalue weighted by Gasteiger charge is 2.52. The van der Waals surface area contributed by atoms with E-state index in [0.717, 1.165) is 45.7 Å². The number of aliphatic carboxylic acids is 2. The molecule has 4 aliphatic rings. The third kappa shape index (κ3) is 6.61. The van der Waals surface area contributed by atoms with Crippen LogP contribution in [0.15, 0.2) is 47.0 Å². The molecular formula is C33H41N4O7S+. The Bertz CT molecular complexity index is 1560. The minimum absolute atomic E-state index is 0.00736. The summed E-state index contributed by atoms with van der Waals surface area (Å²) in [5.41, 5.74) is 7.10. The molecule has 4 aliphatic heterocycles. The predicted molar refractivity (Wildman–Crippen MR) is 173 cm³/mol. The molecular weight excluding hydrogens is 596 g/mol. The fourth-order valence-corrected chi connectivity index (χ4v) is 7.82. The van der Waals surface area contributed by atoms with Crippen molar-refractivity contribution in [3.8, 4) is 0 Å². The average Bonchev–Trinajstić information content (AvgIpc) is 3.54. The minimum atomic E-state index is -0.926. The van der Waals surface area contributed by atoms with Gasteiger partial charge in [-0.2, -0.15) is 0 Å². The van der Waals surface area contributed by atoms with E-state index in [9.17, 15) is 34.5 Å². The number of aliphatic hydroxyl groups is 1. The first kappa shape index (κ1) is 32.2. The lowest BCUT2D eigenvalue weighted by Gasteiger charge is -2.20. The number of carboxylic acids is 2. The van der Waals surface area contributed by atoms with Crippen LogP contribution < -0.4 is 16.0 Å². The fraction of sp³-hybridized carbons (Fsp3) is 0.455. The maximum atomic E-state index is 12.6. The van der Waals surface area contributed by atoms with E-state index in [4.69, 9.17) is 0 Å². The summed E-state index contributed by atoms with van der Waals surface area (Å²) in [6.07, 6.45) is 7.17. The van der Waals surface area contributed by atoms with Crippen LogP contribution in [0.25, 0.3) is 12.2 Å². The summed E-state index contributed by atoms with van der Waals surface area (Å²) in [5.74, 6) is -1.62. The zero-order valence-electron chi connectivity index (χ0n) is 25.6. The van der Waals surface area contributed by atoms with Crippen LogP contribution in [0.5, 0.6) is 0 Å². The Labute approximate surface area is 266 Å². The molecule has 0 radical (unpaired) electrons. The van der Waals surface area contributed by atoms with Crippen LogP contribution in [0.1, 0.15) is 62.0 Å². The van der Waals surface area contributed by atoms with Gasteiger partial charge in [-0.1, -0.05) is 13.0 Å². The summed E-state index contributed by atoms with van der Waals surface area (Å²) < 4.78 is 0. The van der Waals surface area contributed by atoms with Crippen molar-refractivity contribution in [3.05, 3.63) is 69.5 Å². The van der Waals surface area contributed by atoms with Crippen LogP contribution in [0.3, 0.4) is 0 Å². The number of aromatic amines is 1. The lowest BCUT2D eigenvalue weighted by atomic mass is 9.91. The van der Waals surface area contributed by atoms with E-state index in [1.54, 1.807) is 0 Å². The molecule has 240 valence electrons. The van der Waals surface area contributed by atoms with E-state index >= 15 is 0 Å². The van der Waals surface area contributed by atoms with Gasteiger partial charge in [-0.05, 0) is 79.3 Å². The number of aliphatic hydroxyl groups excluding tert-OH is 1. The normalized spacial score (nSPS) is 30.2. The number of carbonyl (C=O) groups is 4. The van der Waals surface area contributed by atoms with Crippen molar-refractivity contribution in [3.63, 3.8) is 0 Å². The molecule has 0 saturated carbocycles. The Morgan fingerprint density at radius 2 is 1.69 bits per heavy atom. The van der Waals surface area contributed by atoms with Crippen LogP contribution in [-0.4, -0.2) is 67.1 Å². The molecule has 7 N–H and O–H groups in total. The lowest BCUT2D eigenvalue weighted by Crippen LogP contribution is -2.35. The van der Waals surface area contributed by atoms with Crippen molar-refractivity contribution in [1.82, 2.24) is 20.9 Å². The first-order valence-electron chi connectivity index (χ1n) is 15.2. The Morgan fingerprint density at radius 1 is 1.00 bits per heavy atom. The Kier molecular flexibility index (Phi) is 9.33. The largest absolute Gasteiger partial charge is 0.516 e. The van der Waals surface area contributed by atoms with Crippen molar-refractivity contribution in [2.45, 2.75) is 70.2 Å². The number of carboxylic acid groups (broad SMARTS) is 2. The van der Waals surface area contributed by atoms with Crippen molar-refractivity contribution in [1.29, 1.82) is 0 Å². The molecule has 1 aromatic heterocycles. The average molecular weight is 638 g/mol. The molecule has 0 aliphatic carbocycles. The molecule has 11 nitrogen and oxygen atoms in total. The highest BCUT2D eigenvalue weighted by atomic mass is 32.2. The molecule has 12 heteroatoms. The number of hydrogen-bond donors (Lipinski definition) is 7. The number of nitrogens with one attached hydrogen (secondary N) is 4. The molecule has 2 amide bonds. The van der Waals surface area contributed by atoms with Crippen molar-refractivity contribution >= 4 is 47.7 Å². The van der Waals surface area contributed by atoms with Gasteiger partial charge >= 0.3 is 11.9 Å². The number of carbonyl (C=O) groups excluding carboxylic acids is 2. The number of amides is 2. The van der Waals surface area contributed by atoms with Gasteiger partial charge in [0.15, 0.2) is 11.0 Å². The molecule has 0 spiro atoms. The van der Waals surface area contributed by atoms with E-state index in [0.29, 0.717) is 28.6 Å². The maximum Gasteiger partial charge on any atom is 0.303 e. The van der Waals surface area contributed by atoms with Gasteiger partial charge in [-0.3, -0.25) is 19.2 Å². The van der Waals surface area contributed by atoms with Crippen LogP contribution in [0, 0.1) is 24.7 Å². The second-order valence-corrected chi connectivity index (χ2v) is 13.6. The molecule has 0 bridgehead atoms. The van der Waals surface area contributed by atoms with Crippen molar-refractivity contribution in [2.24, 2.45) is 17.8 Å². The quantitative estimate of drug-likeness (QED) is 0.0601. The van der Waals surface area contributed by atoms with Crippen molar-refractivity contribution in [2.75, 3.05) is 5.75 Å². The second kappa shape index (κ2) is 13.0. The van der Waals surface area contributed by atoms with Crippen molar-refractivity contribution < 1.29 is 34.5 Å². The topological polar surface area (TPSA) is 181 Å². The van der Waals surface area contributed by atoms with E-state index in [2.05, 4.69) is 27.5 Å². The lowest BCUT2D eigenvalue weighted by molar-refractivity contribution is -0.138. The van der Waals surface area contributed by atoms with Gasteiger partial charge in [-0.15, -0.1) is 6.58 Å². The summed E-state index contributed by atoms with van der Waals surface area (Å²) in [4.78, 5) is 51.6. The van der Waals surface area contributed by atoms with Crippen LogP contribution in [-0.2, 0) is 37.4 Å². The summed E-state index contributed by atoms with van der Waals surface area (Å²) in [6.45, 7) is 9.54. The first-order valence-corrected chi connectivity index (χ1v) is 16.4. The monoisotopic (exact) mass is 637 g/mol. The summed E-state index contributed by atoms with van der Waals surface area (Å²) in [5, 5.41) is 38.8. The Balaban J connectivity index is 1.51. The number of rotatable bonds is 12. The zero-order valence-corrected chi connectivity index (χ0v) is 26.5. The molecule has 2 unspecified atom stereocenters. The first-order chi connectivity index (χ1) is 21.4. The second-order valence-electron chi connectivity index (χ2n) is 12.2. The zero-order chi connectivity index (χ0) is 32.6. The Morgan fingerprint density at radius 3 is 2.31 bits per heavy atom. The number of H-pyrrole nitrogens is 1. The van der Waals surface area contributed by atoms with Gasteiger partial charge in [0.1, 0.15) is 0 Å². The van der Waals surface area contributed by atoms with Gasteiger partial charge in [0.2, 0.25) is 11.8 Å². The molecule has 3 saturated heterocycles. The standard InChI is InChI=1S/C33H40N4O7S/c1-5-18-21(13-38)26(36-33(18)44)10-22-15(2)19(6-8-29(39)40)24(34-22)12-25-20(7-9-30(41)42)16(3)23(35-25)11-27-31(28-14-45-28)17(4)32(43)37-27/h5,11-13,17-18,22,26,28,31,34-35,38H,1,6-10,14H2,2-4H3,(H,36,44)(H,37,43)(H,39,40)(H,41,42)/p+1/b21-13-,24-12+,27-11-/t17-,18?,22?,26-,28+,31-/m1/s1. The third-order valence-corrected chi connectivity index (χ3v) is 10.6. The SMILES string of the molecule is C=CC1C(=O)N[C@H](CC2N/C(=C/c3[nH]c(/C=C4\NC(=O)[C@H](C)[C@H]4[C@@H]4C[SH+]4)c(C)c3CCC(=O)O)C(CCC(=O)O)=C2C)/C1=C\O. The van der Waals surface area contributed by atoms with Gasteiger partial charge in [0, 0.05) is 53.2 Å². The number of aromatic nitrogens is 1. The highest BCUT2D eigenvalue weighted by molar-refractivity contribution is 7.86. The molecule has 1 aromatic rings. The summed E-state index contributed by atoms with van der Waals surface area (Å²) in [6, 6.07) is -0.685. The number of allylic oxidation sites excluding steroid dienone is 2. The van der Waals surface area contributed by atoms with Gasteiger partial charge < -0.3 is 36.3 Å². The number of thiol groups is 1. The van der Waals surface area contributed by atoms with E-state index in [1.807, 2.05) is 32.9 Å². The van der Waals surface area contributed by atoms with Gasteiger partial charge in [-0.25, -0.2) is 0 Å². The molecule has 45 heavy (non-hydrogen) atoms. The maximum absolute atomic E-state index is 12.6. The van der Waals surface area contributed by atoms with E-state index < -0.39 is 23.9 Å². The van der Waals surface area contributed by atoms with Gasteiger partial charge in [0.25, 0.3) is 0 Å². The van der Waals surface area contributed by atoms with Crippen LogP contribution in [0.2, 0.25) is 0 Å². The van der Waals surface area contributed by atoms with Crippen LogP contribution in [0.4, 0.5) is 0 Å². The molecule has 5 rings (SSSR count). The molecule has 3 fully saturated rings. The predicted octanol–water partition coefficient (Wildman–Crippen LogP) is 2.89. The fourth-order valence-electron chi connectivity index (χ4n) is 6.82. The Hall–Kier alpha value is -4.19. The molecule has 6 atom stereocenters. The van der Waals surface area contributed by atoms with Crippen LogP contribution >= 0.6 is 0 Å². The van der Waals surface area contributed by atoms with Gasteiger partial charge in [0.05, 0.1) is 24.1 Å². The minimum Gasteiger partial charge on any atom is -0.516 e. The highest BCUT2D eigenvalue weighted by Crippen LogP contribution is 2.39. The molecule has 5 heterocycles. The smallest absolute Gasteiger partial charge is 0.303 e. The molecule has 0 aromatic carbocycles. The summed E-state index contributed by atoms with van der Waals surface area (Å²) in [7, 11) is 0. The van der Waals surface area contributed by atoms with E-state index in [-0.39, 0.29) is 55.4 Å². The van der Waals surface area contributed by atoms with E-state index in [1.165, 1.54) is 17.8 Å². The number of hydrogen-bond acceptors (Lipinski definition) is 6. The third-order valence-electron chi connectivity index (χ3n) is 9.47. The summed E-state index contributed by atoms with van der Waals surface area (Å²) >= 11 is 1.34.